The van der Waals surface area contributed by atoms with Crippen LogP contribution in [0.5, 0.6) is 0 Å². The van der Waals surface area contributed by atoms with Crippen molar-refractivity contribution in [3.05, 3.63) is 18.7 Å². The molecule has 0 saturated carbocycles. The van der Waals surface area contributed by atoms with Crippen LogP contribution in [0.3, 0.4) is 0 Å². The van der Waals surface area contributed by atoms with Crippen molar-refractivity contribution in [1.29, 1.82) is 0 Å². The Hall–Kier alpha value is -1.26. The van der Waals surface area contributed by atoms with Crippen LogP contribution in [0.1, 0.15) is 6.42 Å². The monoisotopic (exact) mass is 326 g/mol. The second kappa shape index (κ2) is 7.33. The summed E-state index contributed by atoms with van der Waals surface area (Å²) in [5.74, 6) is 0. The third-order valence-electron chi connectivity index (χ3n) is 3.86. The molecule has 3 fully saturated rings. The smallest absolute Gasteiger partial charge is 0.372 e. The van der Waals surface area contributed by atoms with Gasteiger partial charge >= 0.3 is 14.8 Å². The summed E-state index contributed by atoms with van der Waals surface area (Å²) in [6.07, 6.45) is 5.45. The van der Waals surface area contributed by atoms with E-state index in [2.05, 4.69) is 15.2 Å². The molecule has 22 heavy (non-hydrogen) atoms. The molecule has 1 aromatic rings. The van der Waals surface area contributed by atoms with Crippen molar-refractivity contribution in [2.75, 3.05) is 46.0 Å². The van der Waals surface area contributed by atoms with Crippen LogP contribution in [-0.4, -0.2) is 75.3 Å². The maximum Gasteiger partial charge on any atom is 0.501 e. The summed E-state index contributed by atoms with van der Waals surface area (Å²) >= 11 is 0. The summed E-state index contributed by atoms with van der Waals surface area (Å²) < 4.78 is 19.3. The quantitative estimate of drug-likeness (QED) is 0.627. The minimum Gasteiger partial charge on any atom is -0.372 e. The Morgan fingerprint density at radius 3 is 2.45 bits per heavy atom. The van der Waals surface area contributed by atoms with Gasteiger partial charge in [-0.25, -0.2) is 9.78 Å². The summed E-state index contributed by atoms with van der Waals surface area (Å²) in [6, 6.07) is 0.558. The number of carbonyl (C=O) groups excluding carboxylic acids is 1. The Morgan fingerprint density at radius 2 is 1.86 bits per heavy atom. The largest absolute Gasteiger partial charge is 0.501 e. The Bertz CT molecular complexity index is 458. The van der Waals surface area contributed by atoms with Gasteiger partial charge in [0.05, 0.1) is 19.8 Å². The van der Waals surface area contributed by atoms with Gasteiger partial charge in [-0.2, -0.15) is 0 Å². The van der Waals surface area contributed by atoms with Crippen LogP contribution in [0.15, 0.2) is 18.7 Å². The van der Waals surface area contributed by atoms with Crippen molar-refractivity contribution >= 4 is 14.8 Å². The number of nitrogens with zero attached hydrogens (tertiary/aromatic N) is 3. The van der Waals surface area contributed by atoms with E-state index in [-0.39, 0.29) is 6.03 Å². The van der Waals surface area contributed by atoms with Gasteiger partial charge in [-0.3, -0.25) is 9.47 Å². The highest BCUT2D eigenvalue weighted by Crippen LogP contribution is 2.21. The van der Waals surface area contributed by atoms with E-state index in [9.17, 15) is 4.79 Å². The minimum absolute atomic E-state index is 0.176. The molecule has 122 valence electrons. The van der Waals surface area contributed by atoms with Crippen LogP contribution < -0.4 is 5.32 Å². The zero-order valence-corrected chi connectivity index (χ0v) is 13.6. The van der Waals surface area contributed by atoms with E-state index in [1.54, 1.807) is 12.4 Å². The van der Waals surface area contributed by atoms with Crippen molar-refractivity contribution < 1.29 is 18.1 Å². The van der Waals surface area contributed by atoms with E-state index < -0.39 is 8.80 Å². The van der Waals surface area contributed by atoms with E-state index in [0.29, 0.717) is 26.4 Å². The molecule has 4 heterocycles. The van der Waals surface area contributed by atoms with Gasteiger partial charge in [0.15, 0.2) is 0 Å². The molecule has 0 unspecified atom stereocenters. The predicted octanol–water partition coefficient (Wildman–Crippen LogP) is 0.149. The van der Waals surface area contributed by atoms with Crippen LogP contribution in [0.2, 0.25) is 6.04 Å². The van der Waals surface area contributed by atoms with Gasteiger partial charge in [0.2, 0.25) is 0 Å². The lowest BCUT2D eigenvalue weighted by atomic mass is 10.4. The molecular formula is C13H22N4O4Si. The Morgan fingerprint density at radius 1 is 1.18 bits per heavy atom. The van der Waals surface area contributed by atoms with Crippen LogP contribution in [-0.2, 0) is 13.3 Å². The Balaban J connectivity index is 1.46. The van der Waals surface area contributed by atoms with Crippen LogP contribution in [0.4, 0.5) is 4.79 Å². The fraction of sp³-hybridized carbons (Fsp3) is 0.692. The maximum atomic E-state index is 11.8. The van der Waals surface area contributed by atoms with Crippen molar-refractivity contribution in [3.63, 3.8) is 0 Å². The molecule has 3 aliphatic heterocycles. The topological polar surface area (TPSA) is 77.9 Å². The number of fused-ring (bicyclic) bond motifs is 6. The second-order valence-corrected chi connectivity index (χ2v) is 8.11. The SMILES string of the molecule is O=C(NCCC[Si]12OCCN(CCO1)CCO2)n1ccnc1. The molecule has 1 amide bonds. The Kier molecular flexibility index (Phi) is 5.21. The van der Waals surface area contributed by atoms with Crippen LogP contribution in [0, 0.1) is 0 Å². The lowest BCUT2D eigenvalue weighted by Gasteiger charge is -2.38. The molecule has 1 aromatic heterocycles. The van der Waals surface area contributed by atoms with Crippen LogP contribution in [0.25, 0.3) is 0 Å². The molecule has 8 nitrogen and oxygen atoms in total. The minimum atomic E-state index is -2.56. The standard InChI is InChI=1S/C13H22N4O4Si/c18-13(17-4-3-14-12-17)15-2-1-11-22-19-8-5-16(6-9-20-22)7-10-21-22/h3-4,12H,1-2,5-11H2,(H,15,18). The van der Waals surface area contributed by atoms with Gasteiger partial charge in [0.1, 0.15) is 6.33 Å². The third kappa shape index (κ3) is 3.93. The molecule has 0 spiro atoms. The zero-order valence-electron chi connectivity index (χ0n) is 12.6. The zero-order chi connectivity index (χ0) is 15.3. The first-order valence-corrected chi connectivity index (χ1v) is 9.61. The maximum absolute atomic E-state index is 11.8. The summed E-state index contributed by atoms with van der Waals surface area (Å²) in [5.41, 5.74) is 0. The average Bonchev–Trinajstić information content (AvgIpc) is 2.97. The molecule has 0 aromatic carbocycles. The number of hydrogen-bond acceptors (Lipinski definition) is 6. The number of amides is 1. The molecule has 0 radical (unpaired) electrons. The van der Waals surface area contributed by atoms with E-state index in [0.717, 1.165) is 32.1 Å². The predicted molar refractivity (Wildman–Crippen MR) is 80.5 cm³/mol. The second-order valence-electron chi connectivity index (χ2n) is 5.38. The molecular weight excluding hydrogens is 304 g/mol. The lowest BCUT2D eigenvalue weighted by Crippen LogP contribution is -2.55. The lowest BCUT2D eigenvalue weighted by molar-refractivity contribution is -0.00848. The average molecular weight is 326 g/mol. The molecule has 0 atom stereocenters. The number of aromatic nitrogens is 2. The number of hydrogen-bond donors (Lipinski definition) is 1. The summed E-state index contributed by atoms with van der Waals surface area (Å²) in [7, 11) is -2.56. The highest BCUT2D eigenvalue weighted by atomic mass is 28.4. The van der Waals surface area contributed by atoms with Crippen molar-refractivity contribution in [2.24, 2.45) is 0 Å². The van der Waals surface area contributed by atoms with Gasteiger partial charge in [-0.15, -0.1) is 0 Å². The molecule has 3 saturated heterocycles. The highest BCUT2D eigenvalue weighted by Gasteiger charge is 2.43. The molecule has 2 bridgehead atoms. The van der Waals surface area contributed by atoms with Crippen molar-refractivity contribution in [2.45, 2.75) is 12.5 Å². The van der Waals surface area contributed by atoms with E-state index in [1.165, 1.54) is 10.9 Å². The number of rotatable bonds is 4. The molecule has 0 aliphatic carbocycles. The van der Waals surface area contributed by atoms with Gasteiger partial charge in [-0.1, -0.05) is 0 Å². The highest BCUT2D eigenvalue weighted by molar-refractivity contribution is 6.60. The van der Waals surface area contributed by atoms with Gasteiger partial charge < -0.3 is 18.6 Å². The summed E-state index contributed by atoms with van der Waals surface area (Å²) in [4.78, 5) is 17.9. The van der Waals surface area contributed by atoms with Gasteiger partial charge in [0, 0.05) is 44.6 Å². The van der Waals surface area contributed by atoms with Crippen molar-refractivity contribution in [1.82, 2.24) is 19.8 Å². The first-order chi connectivity index (χ1) is 10.8. The molecule has 4 rings (SSSR count). The number of imidazole rings is 1. The van der Waals surface area contributed by atoms with Gasteiger partial charge in [0.25, 0.3) is 0 Å². The van der Waals surface area contributed by atoms with E-state index >= 15 is 0 Å². The summed E-state index contributed by atoms with van der Waals surface area (Å²) in [5, 5.41) is 2.85. The normalized spacial score (nSPS) is 28.6. The fourth-order valence-electron chi connectivity index (χ4n) is 2.64. The van der Waals surface area contributed by atoms with E-state index in [1.807, 2.05) is 0 Å². The summed E-state index contributed by atoms with van der Waals surface area (Å²) in [6.45, 7) is 5.37. The number of carbonyl (C=O) groups is 1. The Labute approximate surface area is 130 Å². The third-order valence-corrected chi connectivity index (χ3v) is 6.76. The van der Waals surface area contributed by atoms with Gasteiger partial charge in [-0.05, 0) is 6.42 Å². The molecule has 1 N–H and O–H groups in total. The first kappa shape index (κ1) is 15.6. The number of nitrogens with one attached hydrogen (secondary N) is 1. The van der Waals surface area contributed by atoms with E-state index in [4.69, 9.17) is 13.3 Å². The first-order valence-electron chi connectivity index (χ1n) is 7.68. The molecule has 3 aliphatic rings. The fourth-order valence-corrected chi connectivity index (χ4v) is 5.14. The molecule has 9 heteroatoms. The van der Waals surface area contributed by atoms with Crippen LogP contribution >= 0.6 is 0 Å². The van der Waals surface area contributed by atoms with Crippen molar-refractivity contribution in [3.8, 4) is 0 Å².